The van der Waals surface area contributed by atoms with E-state index in [9.17, 15) is 0 Å². The third-order valence-corrected chi connectivity index (χ3v) is 3.85. The van der Waals surface area contributed by atoms with E-state index in [1.165, 1.54) is 0 Å². The fourth-order valence-electron chi connectivity index (χ4n) is 2.63. The van der Waals surface area contributed by atoms with E-state index < -0.39 is 0 Å². The van der Waals surface area contributed by atoms with E-state index in [2.05, 4.69) is 41.6 Å². The van der Waals surface area contributed by atoms with Gasteiger partial charge in [-0.15, -0.1) is 0 Å². The van der Waals surface area contributed by atoms with Gasteiger partial charge < -0.3 is 10.2 Å². The van der Waals surface area contributed by atoms with Crippen LogP contribution in [0.5, 0.6) is 0 Å². The zero-order valence-electron chi connectivity index (χ0n) is 10.7. The highest BCUT2D eigenvalue weighted by atomic mass is 79.9. The number of hydrogen-bond donors (Lipinski definition) is 1. The summed E-state index contributed by atoms with van der Waals surface area (Å²) in [5.41, 5.74) is 6.40. The van der Waals surface area contributed by atoms with Crippen molar-refractivity contribution in [3.63, 3.8) is 0 Å². The average molecular weight is 301 g/mol. The Bertz CT molecular complexity index is 383. The van der Waals surface area contributed by atoms with Crippen LogP contribution < -0.4 is 5.73 Å². The highest BCUT2D eigenvalue weighted by Gasteiger charge is 2.38. The summed E-state index contributed by atoms with van der Waals surface area (Å²) in [7, 11) is 0. The molecule has 0 radical (unpaired) electrons. The minimum atomic E-state index is 0.113. The number of halogens is 1. The number of nitrogens with zero attached hydrogens (tertiary/aromatic N) is 1. The summed E-state index contributed by atoms with van der Waals surface area (Å²) in [6.45, 7) is 7.78. The van der Waals surface area contributed by atoms with E-state index in [0.29, 0.717) is 0 Å². The summed E-state index contributed by atoms with van der Waals surface area (Å²) >= 11 is 3.36. The van der Waals surface area contributed by atoms with Gasteiger partial charge in [0.05, 0.1) is 6.04 Å². The molecule has 1 aromatic rings. The SMILES string of the molecule is CC(C)(C)N1CCCC(N)C1c1ccc(Br)o1. The van der Waals surface area contributed by atoms with Crippen molar-refractivity contribution in [1.29, 1.82) is 0 Å². The Morgan fingerprint density at radius 2 is 2.12 bits per heavy atom. The summed E-state index contributed by atoms with van der Waals surface area (Å²) in [6.07, 6.45) is 2.23. The normalized spacial score (nSPS) is 27.4. The second-order valence-electron chi connectivity index (χ2n) is 5.76. The van der Waals surface area contributed by atoms with E-state index in [-0.39, 0.29) is 17.6 Å². The molecule has 0 saturated carbocycles. The van der Waals surface area contributed by atoms with Crippen LogP contribution >= 0.6 is 15.9 Å². The van der Waals surface area contributed by atoms with Gasteiger partial charge in [-0.2, -0.15) is 0 Å². The Balaban J connectivity index is 2.31. The van der Waals surface area contributed by atoms with Crippen LogP contribution in [0.4, 0.5) is 0 Å². The molecule has 2 N–H and O–H groups in total. The van der Waals surface area contributed by atoms with Crippen molar-refractivity contribution in [2.24, 2.45) is 5.73 Å². The van der Waals surface area contributed by atoms with Gasteiger partial charge in [0.1, 0.15) is 5.76 Å². The number of piperidine rings is 1. The van der Waals surface area contributed by atoms with E-state index in [4.69, 9.17) is 10.2 Å². The van der Waals surface area contributed by atoms with E-state index in [1.54, 1.807) is 0 Å². The van der Waals surface area contributed by atoms with Crippen molar-refractivity contribution in [3.8, 4) is 0 Å². The molecule has 96 valence electrons. The van der Waals surface area contributed by atoms with Crippen LogP contribution in [0.25, 0.3) is 0 Å². The van der Waals surface area contributed by atoms with E-state index >= 15 is 0 Å². The van der Waals surface area contributed by atoms with Gasteiger partial charge in [-0.05, 0) is 68.2 Å². The molecule has 0 bridgehead atoms. The highest BCUT2D eigenvalue weighted by molar-refractivity contribution is 9.10. The third-order valence-electron chi connectivity index (χ3n) is 3.42. The summed E-state index contributed by atoms with van der Waals surface area (Å²) in [6, 6.07) is 4.31. The summed E-state index contributed by atoms with van der Waals surface area (Å²) < 4.78 is 6.49. The number of hydrogen-bond acceptors (Lipinski definition) is 3. The molecule has 1 saturated heterocycles. The lowest BCUT2D eigenvalue weighted by Gasteiger charge is -2.46. The maximum Gasteiger partial charge on any atom is 0.169 e. The number of rotatable bonds is 1. The molecular weight excluding hydrogens is 280 g/mol. The summed E-state index contributed by atoms with van der Waals surface area (Å²) in [5, 5.41) is 0. The smallest absolute Gasteiger partial charge is 0.169 e. The lowest BCUT2D eigenvalue weighted by molar-refractivity contribution is 0.0270. The van der Waals surface area contributed by atoms with Crippen molar-refractivity contribution in [3.05, 3.63) is 22.6 Å². The molecule has 2 unspecified atom stereocenters. The second kappa shape index (κ2) is 4.75. The monoisotopic (exact) mass is 300 g/mol. The van der Waals surface area contributed by atoms with Crippen LogP contribution in [0.2, 0.25) is 0 Å². The van der Waals surface area contributed by atoms with Crippen molar-refractivity contribution in [2.45, 2.75) is 51.2 Å². The number of likely N-dealkylation sites (tertiary alicyclic amines) is 1. The molecule has 0 aliphatic carbocycles. The molecule has 17 heavy (non-hydrogen) atoms. The van der Waals surface area contributed by atoms with Crippen LogP contribution in [0, 0.1) is 0 Å². The lowest BCUT2D eigenvalue weighted by atomic mass is 9.90. The first kappa shape index (κ1) is 13.1. The fourth-order valence-corrected chi connectivity index (χ4v) is 2.95. The van der Waals surface area contributed by atoms with Crippen molar-refractivity contribution < 1.29 is 4.42 Å². The van der Waals surface area contributed by atoms with Crippen LogP contribution in [0.3, 0.4) is 0 Å². The fraction of sp³-hybridized carbons (Fsp3) is 0.692. The second-order valence-corrected chi connectivity index (χ2v) is 6.54. The topological polar surface area (TPSA) is 42.4 Å². The lowest BCUT2D eigenvalue weighted by Crippen LogP contribution is -2.53. The molecule has 1 aliphatic heterocycles. The molecule has 0 aromatic carbocycles. The Hall–Kier alpha value is -0.320. The van der Waals surface area contributed by atoms with Gasteiger partial charge in [-0.3, -0.25) is 4.90 Å². The number of nitrogens with two attached hydrogens (primary N) is 1. The maximum absolute atomic E-state index is 6.29. The molecule has 2 rings (SSSR count). The minimum Gasteiger partial charge on any atom is -0.453 e. The first-order chi connectivity index (χ1) is 7.89. The van der Waals surface area contributed by atoms with E-state index in [0.717, 1.165) is 29.8 Å². The zero-order chi connectivity index (χ0) is 12.6. The molecular formula is C13H21BrN2O. The third kappa shape index (κ3) is 2.75. The van der Waals surface area contributed by atoms with Crippen LogP contribution in [0.15, 0.2) is 21.2 Å². The molecule has 0 amide bonds. The maximum atomic E-state index is 6.29. The Morgan fingerprint density at radius 1 is 1.41 bits per heavy atom. The molecule has 1 aliphatic rings. The zero-order valence-corrected chi connectivity index (χ0v) is 12.3. The van der Waals surface area contributed by atoms with E-state index in [1.807, 2.05) is 12.1 Å². The Kier molecular flexibility index (Phi) is 3.66. The Morgan fingerprint density at radius 3 is 2.65 bits per heavy atom. The van der Waals surface area contributed by atoms with Crippen LogP contribution in [0.1, 0.15) is 45.4 Å². The number of furan rings is 1. The van der Waals surface area contributed by atoms with Gasteiger partial charge in [0.25, 0.3) is 0 Å². The average Bonchev–Trinajstić information content (AvgIpc) is 2.63. The highest BCUT2D eigenvalue weighted by Crippen LogP contribution is 2.36. The first-order valence-corrected chi connectivity index (χ1v) is 6.96. The van der Waals surface area contributed by atoms with Gasteiger partial charge in [0.15, 0.2) is 4.67 Å². The van der Waals surface area contributed by atoms with Crippen molar-refractivity contribution in [2.75, 3.05) is 6.54 Å². The van der Waals surface area contributed by atoms with Crippen molar-refractivity contribution >= 4 is 15.9 Å². The van der Waals surface area contributed by atoms with Gasteiger partial charge in [-0.25, -0.2) is 0 Å². The van der Waals surface area contributed by atoms with Gasteiger partial charge >= 0.3 is 0 Å². The Labute approximate surface area is 111 Å². The van der Waals surface area contributed by atoms with Gasteiger partial charge in [-0.1, -0.05) is 0 Å². The standard InChI is InChI=1S/C13H21BrN2O/c1-13(2,3)16-8-4-5-9(15)12(16)10-6-7-11(14)17-10/h6-7,9,12H,4-5,8,15H2,1-3H3. The predicted octanol–water partition coefficient (Wildman–Crippen LogP) is 3.30. The summed E-state index contributed by atoms with van der Waals surface area (Å²) in [5.74, 6) is 0.971. The molecule has 1 fully saturated rings. The molecule has 1 aromatic heterocycles. The minimum absolute atomic E-state index is 0.113. The predicted molar refractivity (Wildman–Crippen MR) is 72.8 cm³/mol. The quantitative estimate of drug-likeness (QED) is 0.865. The van der Waals surface area contributed by atoms with Crippen molar-refractivity contribution in [1.82, 2.24) is 4.90 Å². The molecule has 2 atom stereocenters. The summed E-state index contributed by atoms with van der Waals surface area (Å²) in [4.78, 5) is 2.45. The largest absolute Gasteiger partial charge is 0.453 e. The molecule has 0 spiro atoms. The molecule has 2 heterocycles. The first-order valence-electron chi connectivity index (χ1n) is 6.17. The van der Waals surface area contributed by atoms with Gasteiger partial charge in [0, 0.05) is 11.6 Å². The van der Waals surface area contributed by atoms with Crippen LogP contribution in [-0.4, -0.2) is 23.0 Å². The van der Waals surface area contributed by atoms with Crippen LogP contribution in [-0.2, 0) is 0 Å². The molecule has 4 heteroatoms. The van der Waals surface area contributed by atoms with Gasteiger partial charge in [0.2, 0.25) is 0 Å². The molecule has 3 nitrogen and oxygen atoms in total.